The van der Waals surface area contributed by atoms with E-state index in [4.69, 9.17) is 0 Å². The normalized spacial score (nSPS) is 13.8. The molecule has 1 aliphatic rings. The van der Waals surface area contributed by atoms with Crippen molar-refractivity contribution in [2.75, 3.05) is 4.90 Å². The average Bonchev–Trinajstić information content (AvgIpc) is 2.82. The Morgan fingerprint density at radius 2 is 1.72 bits per heavy atom. The number of anilines is 1. The smallest absolute Gasteiger partial charge is 0.0702 e. The zero-order valence-electron chi connectivity index (χ0n) is 10.6. The minimum absolute atomic E-state index is 0.101. The molecular formula is C16H17NO. The molecule has 2 aromatic carbocycles. The number of aliphatic hydroxyl groups excluding tert-OH is 1. The van der Waals surface area contributed by atoms with Crippen LogP contribution in [0.5, 0.6) is 0 Å². The third-order valence-corrected chi connectivity index (χ3v) is 3.59. The second-order valence-electron chi connectivity index (χ2n) is 4.92. The minimum Gasteiger partial charge on any atom is -0.392 e. The SMILES string of the molecule is Cc1ccc(N2Cc3ccccc3C2)c(CO)c1. The molecule has 3 rings (SSSR count). The first-order valence-electron chi connectivity index (χ1n) is 6.30. The van der Waals surface area contributed by atoms with Crippen molar-refractivity contribution in [1.82, 2.24) is 0 Å². The van der Waals surface area contributed by atoms with Crippen molar-refractivity contribution >= 4 is 5.69 Å². The second-order valence-corrected chi connectivity index (χ2v) is 4.92. The zero-order chi connectivity index (χ0) is 12.5. The van der Waals surface area contributed by atoms with Gasteiger partial charge in [-0.15, -0.1) is 0 Å². The van der Waals surface area contributed by atoms with Gasteiger partial charge in [0.25, 0.3) is 0 Å². The number of benzene rings is 2. The predicted molar refractivity (Wildman–Crippen MR) is 73.4 cm³/mol. The molecule has 0 saturated heterocycles. The Morgan fingerprint density at radius 1 is 1.06 bits per heavy atom. The largest absolute Gasteiger partial charge is 0.392 e. The number of rotatable bonds is 2. The molecule has 0 spiro atoms. The number of hydrogen-bond donors (Lipinski definition) is 1. The molecule has 2 aromatic rings. The van der Waals surface area contributed by atoms with Gasteiger partial charge in [0, 0.05) is 24.3 Å². The Hall–Kier alpha value is -1.80. The first-order valence-corrected chi connectivity index (χ1v) is 6.30. The van der Waals surface area contributed by atoms with Gasteiger partial charge in [0.2, 0.25) is 0 Å². The predicted octanol–water partition coefficient (Wildman–Crippen LogP) is 3.01. The van der Waals surface area contributed by atoms with E-state index in [0.717, 1.165) is 24.3 Å². The van der Waals surface area contributed by atoms with Gasteiger partial charge < -0.3 is 10.0 Å². The molecular weight excluding hydrogens is 222 g/mol. The summed E-state index contributed by atoms with van der Waals surface area (Å²) < 4.78 is 0. The summed E-state index contributed by atoms with van der Waals surface area (Å²) in [4.78, 5) is 2.33. The monoisotopic (exact) mass is 239 g/mol. The van der Waals surface area contributed by atoms with Gasteiger partial charge in [0.05, 0.1) is 6.61 Å². The highest BCUT2D eigenvalue weighted by Gasteiger charge is 2.20. The first kappa shape index (κ1) is 11.3. The van der Waals surface area contributed by atoms with Crippen LogP contribution in [-0.4, -0.2) is 5.11 Å². The highest BCUT2D eigenvalue weighted by Crippen LogP contribution is 2.31. The maximum absolute atomic E-state index is 9.49. The highest BCUT2D eigenvalue weighted by molar-refractivity contribution is 5.58. The molecule has 0 aliphatic carbocycles. The van der Waals surface area contributed by atoms with Gasteiger partial charge in [0.1, 0.15) is 0 Å². The second kappa shape index (κ2) is 4.46. The van der Waals surface area contributed by atoms with Crippen LogP contribution in [0.2, 0.25) is 0 Å². The van der Waals surface area contributed by atoms with Crippen molar-refractivity contribution in [2.24, 2.45) is 0 Å². The van der Waals surface area contributed by atoms with E-state index >= 15 is 0 Å². The number of nitrogens with zero attached hydrogens (tertiary/aromatic N) is 1. The molecule has 2 nitrogen and oxygen atoms in total. The summed E-state index contributed by atoms with van der Waals surface area (Å²) in [6, 6.07) is 14.8. The van der Waals surface area contributed by atoms with Crippen LogP contribution in [-0.2, 0) is 19.7 Å². The van der Waals surface area contributed by atoms with Gasteiger partial charge in [-0.05, 0) is 24.1 Å². The minimum atomic E-state index is 0.101. The van der Waals surface area contributed by atoms with Crippen LogP contribution < -0.4 is 4.90 Å². The topological polar surface area (TPSA) is 23.5 Å². The molecule has 0 saturated carbocycles. The summed E-state index contributed by atoms with van der Waals surface area (Å²) in [6.45, 7) is 4.03. The van der Waals surface area contributed by atoms with E-state index in [1.54, 1.807) is 0 Å². The van der Waals surface area contributed by atoms with Crippen molar-refractivity contribution in [3.05, 3.63) is 64.7 Å². The van der Waals surface area contributed by atoms with Crippen molar-refractivity contribution in [1.29, 1.82) is 0 Å². The summed E-state index contributed by atoms with van der Waals surface area (Å²) in [7, 11) is 0. The number of aryl methyl sites for hydroxylation is 1. The van der Waals surface area contributed by atoms with Gasteiger partial charge in [-0.2, -0.15) is 0 Å². The Bertz CT molecular complexity index is 552. The molecule has 0 fully saturated rings. The highest BCUT2D eigenvalue weighted by atomic mass is 16.3. The summed E-state index contributed by atoms with van der Waals surface area (Å²) in [5, 5.41) is 9.49. The molecule has 0 aromatic heterocycles. The molecule has 1 heterocycles. The van der Waals surface area contributed by atoms with E-state index < -0.39 is 0 Å². The van der Waals surface area contributed by atoms with Gasteiger partial charge in [-0.25, -0.2) is 0 Å². The van der Waals surface area contributed by atoms with E-state index in [1.807, 2.05) is 0 Å². The van der Waals surface area contributed by atoms with E-state index in [-0.39, 0.29) is 6.61 Å². The average molecular weight is 239 g/mol. The van der Waals surface area contributed by atoms with Crippen molar-refractivity contribution in [3.63, 3.8) is 0 Å². The Labute approximate surface area is 107 Å². The van der Waals surface area contributed by atoms with Gasteiger partial charge in [-0.1, -0.05) is 42.0 Å². The van der Waals surface area contributed by atoms with E-state index in [2.05, 4.69) is 54.3 Å². The lowest BCUT2D eigenvalue weighted by Crippen LogP contribution is -2.16. The van der Waals surface area contributed by atoms with Crippen LogP contribution in [0.25, 0.3) is 0 Å². The van der Waals surface area contributed by atoms with Crippen LogP contribution in [0, 0.1) is 6.92 Å². The molecule has 92 valence electrons. The van der Waals surface area contributed by atoms with E-state index in [9.17, 15) is 5.11 Å². The lowest BCUT2D eigenvalue weighted by atomic mass is 10.1. The van der Waals surface area contributed by atoms with E-state index in [0.29, 0.717) is 0 Å². The van der Waals surface area contributed by atoms with Crippen LogP contribution >= 0.6 is 0 Å². The maximum atomic E-state index is 9.49. The Morgan fingerprint density at radius 3 is 2.33 bits per heavy atom. The lowest BCUT2D eigenvalue weighted by molar-refractivity contribution is 0.282. The zero-order valence-corrected chi connectivity index (χ0v) is 10.6. The van der Waals surface area contributed by atoms with E-state index in [1.165, 1.54) is 16.7 Å². The van der Waals surface area contributed by atoms with Gasteiger partial charge in [0.15, 0.2) is 0 Å². The summed E-state index contributed by atoms with van der Waals surface area (Å²) in [6.07, 6.45) is 0. The van der Waals surface area contributed by atoms with Crippen LogP contribution in [0.1, 0.15) is 22.3 Å². The molecule has 1 N–H and O–H groups in total. The molecule has 0 bridgehead atoms. The third kappa shape index (κ3) is 1.89. The summed E-state index contributed by atoms with van der Waals surface area (Å²) >= 11 is 0. The number of fused-ring (bicyclic) bond motifs is 1. The molecule has 0 unspecified atom stereocenters. The van der Waals surface area contributed by atoms with Crippen molar-refractivity contribution in [2.45, 2.75) is 26.6 Å². The molecule has 0 atom stereocenters. The quantitative estimate of drug-likeness (QED) is 0.870. The standard InChI is InChI=1S/C16H17NO/c1-12-6-7-16(15(8-12)11-18)17-9-13-4-2-3-5-14(13)10-17/h2-8,18H,9-11H2,1H3. The molecule has 18 heavy (non-hydrogen) atoms. The van der Waals surface area contributed by atoms with Gasteiger partial charge in [-0.3, -0.25) is 0 Å². The van der Waals surface area contributed by atoms with Crippen LogP contribution in [0.15, 0.2) is 42.5 Å². The molecule has 1 aliphatic heterocycles. The number of hydrogen-bond acceptors (Lipinski definition) is 2. The van der Waals surface area contributed by atoms with Crippen molar-refractivity contribution < 1.29 is 5.11 Å². The first-order chi connectivity index (χ1) is 8.78. The molecule has 2 heteroatoms. The fourth-order valence-corrected chi connectivity index (χ4v) is 2.65. The maximum Gasteiger partial charge on any atom is 0.0702 e. The van der Waals surface area contributed by atoms with Crippen LogP contribution in [0.3, 0.4) is 0 Å². The van der Waals surface area contributed by atoms with Crippen LogP contribution in [0.4, 0.5) is 5.69 Å². The number of aliphatic hydroxyl groups is 1. The Kier molecular flexibility index (Phi) is 2.80. The fourth-order valence-electron chi connectivity index (χ4n) is 2.65. The van der Waals surface area contributed by atoms with Crippen molar-refractivity contribution in [3.8, 4) is 0 Å². The molecule has 0 radical (unpaired) electrons. The Balaban J connectivity index is 1.95. The van der Waals surface area contributed by atoms with Gasteiger partial charge >= 0.3 is 0 Å². The molecule has 0 amide bonds. The summed E-state index contributed by atoms with van der Waals surface area (Å²) in [5.74, 6) is 0. The summed E-state index contributed by atoms with van der Waals surface area (Å²) in [5.41, 5.74) is 6.14. The third-order valence-electron chi connectivity index (χ3n) is 3.59. The fraction of sp³-hybridized carbons (Fsp3) is 0.250. The lowest BCUT2D eigenvalue weighted by Gasteiger charge is -2.21.